The Balaban J connectivity index is 1.71. The lowest BCUT2D eigenvalue weighted by molar-refractivity contribution is -0.142. The molecule has 0 unspecified atom stereocenters. The van der Waals surface area contributed by atoms with Crippen molar-refractivity contribution in [1.29, 1.82) is 0 Å². The number of esters is 1. The van der Waals surface area contributed by atoms with E-state index >= 15 is 0 Å². The number of hydrogen-bond acceptors (Lipinski definition) is 7. The summed E-state index contributed by atoms with van der Waals surface area (Å²) >= 11 is 8.76. The van der Waals surface area contributed by atoms with E-state index < -0.39 is 9.84 Å². The predicted molar refractivity (Wildman–Crippen MR) is 120 cm³/mol. The monoisotopic (exact) mass is 469 g/mol. The van der Waals surface area contributed by atoms with Crippen LogP contribution in [0.2, 0.25) is 5.02 Å². The highest BCUT2D eigenvalue weighted by Crippen LogP contribution is 2.41. The van der Waals surface area contributed by atoms with Crippen molar-refractivity contribution < 1.29 is 17.9 Å². The smallest absolute Gasteiger partial charge is 0.307 e. The molecule has 2 aromatic carbocycles. The van der Waals surface area contributed by atoms with Crippen LogP contribution in [0, 0.1) is 0 Å². The molecule has 29 heavy (non-hydrogen) atoms. The predicted octanol–water partition coefficient (Wildman–Crippen LogP) is 5.00. The van der Waals surface area contributed by atoms with Gasteiger partial charge in [-0.3, -0.25) is 4.79 Å². The number of hydrogen-bond donors (Lipinski definition) is 0. The lowest BCUT2D eigenvalue weighted by atomic mass is 10.3. The molecule has 0 N–H and O–H groups in total. The van der Waals surface area contributed by atoms with Crippen molar-refractivity contribution in [2.75, 3.05) is 18.1 Å². The van der Waals surface area contributed by atoms with E-state index in [9.17, 15) is 13.2 Å². The Bertz CT molecular complexity index is 1010. The molecule has 3 rings (SSSR count). The largest absolute Gasteiger partial charge is 0.466 e. The molecule has 0 spiro atoms. The second-order valence-corrected chi connectivity index (χ2v) is 11.1. The maximum Gasteiger partial charge on any atom is 0.307 e. The summed E-state index contributed by atoms with van der Waals surface area (Å²) in [6.45, 7) is 2.10. The van der Waals surface area contributed by atoms with Gasteiger partial charge in [-0.05, 0) is 43.3 Å². The number of carbonyl (C=O) groups is 1. The van der Waals surface area contributed by atoms with Gasteiger partial charge in [0, 0.05) is 15.7 Å². The summed E-state index contributed by atoms with van der Waals surface area (Å²) in [7, 11) is -3.42. The minimum Gasteiger partial charge on any atom is -0.466 e. The van der Waals surface area contributed by atoms with E-state index in [-0.39, 0.29) is 28.3 Å². The molecule has 1 aliphatic heterocycles. The van der Waals surface area contributed by atoms with Crippen LogP contribution in [-0.2, 0) is 19.4 Å². The van der Waals surface area contributed by atoms with Crippen molar-refractivity contribution in [3.63, 3.8) is 0 Å². The van der Waals surface area contributed by atoms with E-state index in [0.717, 1.165) is 15.6 Å². The SMILES string of the molecule is CCOC(=O)C[C@H]1Sc2ccccc2N=C1SCCS(=O)(=O)c1ccc(Cl)cc1. The Morgan fingerprint density at radius 3 is 2.66 bits per heavy atom. The number of benzene rings is 2. The molecule has 2 aromatic rings. The van der Waals surface area contributed by atoms with E-state index in [1.807, 2.05) is 24.3 Å². The summed E-state index contributed by atoms with van der Waals surface area (Å²) in [6.07, 6.45) is 0.197. The molecular weight excluding hydrogens is 450 g/mol. The molecule has 0 aromatic heterocycles. The Morgan fingerprint density at radius 2 is 1.93 bits per heavy atom. The average Bonchev–Trinajstić information content (AvgIpc) is 2.68. The van der Waals surface area contributed by atoms with Gasteiger partial charge in [0.2, 0.25) is 0 Å². The van der Waals surface area contributed by atoms with Gasteiger partial charge in [0.25, 0.3) is 0 Å². The number of fused-ring (bicyclic) bond motifs is 1. The fourth-order valence-corrected chi connectivity index (χ4v) is 6.87. The minimum atomic E-state index is -3.42. The van der Waals surface area contributed by atoms with Gasteiger partial charge in [0.05, 0.1) is 39.7 Å². The number of halogens is 1. The van der Waals surface area contributed by atoms with E-state index in [2.05, 4.69) is 4.99 Å². The standard InChI is InChI=1S/C20H20ClNO4S3/c1-2-26-19(23)13-18-20(22-16-5-3-4-6-17(16)28-18)27-11-12-29(24,25)15-9-7-14(21)8-10-15/h3-10,18H,2,11-13H2,1H3/t18-/m1/s1. The van der Waals surface area contributed by atoms with Crippen LogP contribution in [0.1, 0.15) is 13.3 Å². The first-order valence-corrected chi connectivity index (χ1v) is 12.9. The van der Waals surface area contributed by atoms with Crippen LogP contribution >= 0.6 is 35.1 Å². The number of para-hydroxylation sites is 1. The molecule has 9 heteroatoms. The fraction of sp³-hybridized carbons (Fsp3) is 0.300. The lowest BCUT2D eigenvalue weighted by Crippen LogP contribution is -2.23. The molecule has 1 heterocycles. The van der Waals surface area contributed by atoms with Crippen LogP contribution in [0.5, 0.6) is 0 Å². The van der Waals surface area contributed by atoms with Crippen molar-refractivity contribution in [3.8, 4) is 0 Å². The summed E-state index contributed by atoms with van der Waals surface area (Å²) < 4.78 is 30.2. The van der Waals surface area contributed by atoms with Gasteiger partial charge in [-0.2, -0.15) is 0 Å². The van der Waals surface area contributed by atoms with Crippen molar-refractivity contribution in [3.05, 3.63) is 53.6 Å². The first kappa shape index (κ1) is 22.2. The molecule has 0 bridgehead atoms. The van der Waals surface area contributed by atoms with Crippen LogP contribution < -0.4 is 0 Å². The highest BCUT2D eigenvalue weighted by molar-refractivity contribution is 8.16. The zero-order valence-electron chi connectivity index (χ0n) is 15.7. The maximum absolute atomic E-state index is 12.6. The number of carbonyl (C=O) groups excluding carboxylic acids is 1. The quantitative estimate of drug-likeness (QED) is 0.531. The van der Waals surface area contributed by atoms with Gasteiger partial charge in [0.1, 0.15) is 0 Å². The zero-order valence-corrected chi connectivity index (χ0v) is 18.9. The molecule has 0 aliphatic carbocycles. The highest BCUT2D eigenvalue weighted by Gasteiger charge is 2.27. The third-order valence-electron chi connectivity index (χ3n) is 4.07. The minimum absolute atomic E-state index is 0.0310. The first-order valence-electron chi connectivity index (χ1n) is 9.00. The molecule has 5 nitrogen and oxygen atoms in total. The zero-order chi connectivity index (χ0) is 20.9. The van der Waals surface area contributed by atoms with Crippen LogP contribution in [0.4, 0.5) is 5.69 Å². The average molecular weight is 470 g/mol. The van der Waals surface area contributed by atoms with Crippen molar-refractivity contribution in [2.24, 2.45) is 4.99 Å². The summed E-state index contributed by atoms with van der Waals surface area (Å²) in [5.74, 6) is 0.0225. The summed E-state index contributed by atoms with van der Waals surface area (Å²) in [5, 5.41) is 1.05. The Labute approximate surface area is 184 Å². The molecule has 1 aliphatic rings. The third kappa shape index (κ3) is 6.01. The molecule has 0 fully saturated rings. The van der Waals surface area contributed by atoms with Crippen LogP contribution in [0.3, 0.4) is 0 Å². The first-order chi connectivity index (χ1) is 13.9. The molecule has 0 radical (unpaired) electrons. The van der Waals surface area contributed by atoms with Crippen LogP contribution in [0.25, 0.3) is 0 Å². The highest BCUT2D eigenvalue weighted by atomic mass is 35.5. The summed E-state index contributed by atoms with van der Waals surface area (Å²) in [6, 6.07) is 13.9. The van der Waals surface area contributed by atoms with Gasteiger partial charge in [0.15, 0.2) is 9.84 Å². The Morgan fingerprint density at radius 1 is 1.21 bits per heavy atom. The number of rotatable bonds is 7. The summed E-state index contributed by atoms with van der Waals surface area (Å²) in [4.78, 5) is 17.9. The lowest BCUT2D eigenvalue weighted by Gasteiger charge is -2.23. The number of nitrogens with zero attached hydrogens (tertiary/aromatic N) is 1. The van der Waals surface area contributed by atoms with Gasteiger partial charge in [-0.15, -0.1) is 23.5 Å². The van der Waals surface area contributed by atoms with Crippen molar-refractivity contribution >= 4 is 61.7 Å². The van der Waals surface area contributed by atoms with Gasteiger partial charge in [-0.1, -0.05) is 23.7 Å². The fourth-order valence-electron chi connectivity index (χ4n) is 2.68. The normalized spacial score (nSPS) is 16.1. The topological polar surface area (TPSA) is 72.8 Å². The number of ether oxygens (including phenoxy) is 1. The Kier molecular flexibility index (Phi) is 7.67. The second kappa shape index (κ2) is 10.0. The molecular formula is C20H20ClNO4S3. The second-order valence-electron chi connectivity index (χ2n) is 6.15. The molecule has 154 valence electrons. The molecule has 0 saturated heterocycles. The molecule has 0 amide bonds. The number of aliphatic imine (C=N–C) groups is 1. The molecule has 0 saturated carbocycles. The van der Waals surface area contributed by atoms with E-state index in [0.29, 0.717) is 17.4 Å². The van der Waals surface area contributed by atoms with Gasteiger partial charge < -0.3 is 4.74 Å². The van der Waals surface area contributed by atoms with Crippen molar-refractivity contribution in [2.45, 2.75) is 28.4 Å². The van der Waals surface area contributed by atoms with Crippen LogP contribution in [-0.4, -0.2) is 42.8 Å². The number of thioether (sulfide) groups is 2. The maximum atomic E-state index is 12.6. The van der Waals surface area contributed by atoms with Crippen molar-refractivity contribution in [1.82, 2.24) is 0 Å². The molecule has 1 atom stereocenters. The van der Waals surface area contributed by atoms with Gasteiger partial charge >= 0.3 is 5.97 Å². The van der Waals surface area contributed by atoms with Crippen LogP contribution in [0.15, 0.2) is 63.3 Å². The number of sulfone groups is 1. The third-order valence-corrected chi connectivity index (χ3v) is 8.82. The Hall–Kier alpha value is -1.48. The van der Waals surface area contributed by atoms with Gasteiger partial charge in [-0.25, -0.2) is 13.4 Å². The summed E-state index contributed by atoms with van der Waals surface area (Å²) in [5.41, 5.74) is 0.834. The van der Waals surface area contributed by atoms with E-state index in [1.165, 1.54) is 23.9 Å². The van der Waals surface area contributed by atoms with E-state index in [1.54, 1.807) is 30.8 Å². The van der Waals surface area contributed by atoms with E-state index in [4.69, 9.17) is 16.3 Å².